The van der Waals surface area contributed by atoms with Crippen LogP contribution in [0.2, 0.25) is 5.02 Å². The average molecular weight is 450 g/mol. The Balaban J connectivity index is 1.66. The molecule has 0 bridgehead atoms. The standard InChI is InChI=1S/C23H16ClN3O5/c24-14-5-3-6-15(11-14)25-19(28)13-26-20-17-8-1-2-9-18(17)32-21(20)22(29)27(23(26)30)12-16-7-4-10-31-16/h1-11H,12-13H2,(H,25,28). The molecule has 0 aliphatic rings. The van der Waals surface area contributed by atoms with Crippen LogP contribution in [0.4, 0.5) is 5.69 Å². The topological polar surface area (TPSA) is 99.4 Å². The molecule has 0 atom stereocenters. The Morgan fingerprint density at radius 3 is 2.62 bits per heavy atom. The molecule has 0 saturated carbocycles. The first-order valence-electron chi connectivity index (χ1n) is 9.74. The number of furan rings is 2. The summed E-state index contributed by atoms with van der Waals surface area (Å²) < 4.78 is 13.3. The average Bonchev–Trinajstić information content (AvgIpc) is 3.42. The van der Waals surface area contributed by atoms with Gasteiger partial charge in [0.05, 0.1) is 12.8 Å². The number of benzene rings is 2. The van der Waals surface area contributed by atoms with Gasteiger partial charge in [0.25, 0.3) is 5.56 Å². The number of carbonyl (C=O) groups excluding carboxylic acids is 1. The third kappa shape index (κ3) is 3.50. The summed E-state index contributed by atoms with van der Waals surface area (Å²) in [6.07, 6.45) is 1.46. The maximum absolute atomic E-state index is 13.4. The van der Waals surface area contributed by atoms with Gasteiger partial charge in [0, 0.05) is 16.1 Å². The number of hydrogen-bond donors (Lipinski definition) is 1. The Hall–Kier alpha value is -4.04. The number of hydrogen-bond acceptors (Lipinski definition) is 5. The highest BCUT2D eigenvalue weighted by Crippen LogP contribution is 2.25. The molecule has 8 nitrogen and oxygen atoms in total. The number of nitrogens with zero attached hydrogens (tertiary/aromatic N) is 2. The summed E-state index contributed by atoms with van der Waals surface area (Å²) in [7, 11) is 0. The van der Waals surface area contributed by atoms with Crippen LogP contribution in [0.1, 0.15) is 5.76 Å². The number of nitrogens with one attached hydrogen (secondary N) is 1. The third-order valence-corrected chi connectivity index (χ3v) is 5.28. The normalized spacial score (nSPS) is 11.3. The second kappa shape index (κ2) is 7.90. The lowest BCUT2D eigenvalue weighted by atomic mass is 10.2. The highest BCUT2D eigenvalue weighted by Gasteiger charge is 2.21. The van der Waals surface area contributed by atoms with E-state index in [4.69, 9.17) is 20.4 Å². The monoisotopic (exact) mass is 449 g/mol. The van der Waals surface area contributed by atoms with Gasteiger partial charge in [0.1, 0.15) is 23.4 Å². The lowest BCUT2D eigenvalue weighted by Gasteiger charge is -2.12. The number of carbonyl (C=O) groups is 1. The van der Waals surface area contributed by atoms with Gasteiger partial charge >= 0.3 is 5.69 Å². The molecule has 0 saturated heterocycles. The van der Waals surface area contributed by atoms with Gasteiger partial charge in [0.2, 0.25) is 11.5 Å². The van der Waals surface area contributed by atoms with E-state index in [1.807, 2.05) is 0 Å². The lowest BCUT2D eigenvalue weighted by Crippen LogP contribution is -2.41. The van der Waals surface area contributed by atoms with Crippen molar-refractivity contribution in [3.63, 3.8) is 0 Å². The van der Waals surface area contributed by atoms with Gasteiger partial charge < -0.3 is 14.2 Å². The zero-order chi connectivity index (χ0) is 22.2. The minimum absolute atomic E-state index is 0.00656. The quantitative estimate of drug-likeness (QED) is 0.439. The van der Waals surface area contributed by atoms with Crippen molar-refractivity contribution in [2.75, 3.05) is 5.32 Å². The first-order chi connectivity index (χ1) is 15.5. The van der Waals surface area contributed by atoms with Crippen LogP contribution in [0.15, 0.2) is 85.4 Å². The van der Waals surface area contributed by atoms with Crippen LogP contribution in [0.5, 0.6) is 0 Å². The number of rotatable bonds is 5. The summed E-state index contributed by atoms with van der Waals surface area (Å²) in [6.45, 7) is -0.419. The first-order valence-corrected chi connectivity index (χ1v) is 10.1. The molecule has 0 fully saturated rings. The summed E-state index contributed by atoms with van der Waals surface area (Å²) in [5, 5.41) is 3.76. The molecule has 0 spiro atoms. The Morgan fingerprint density at radius 2 is 1.84 bits per heavy atom. The Kier molecular flexibility index (Phi) is 4.91. The lowest BCUT2D eigenvalue weighted by molar-refractivity contribution is -0.116. The maximum atomic E-state index is 13.4. The van der Waals surface area contributed by atoms with Gasteiger partial charge in [-0.3, -0.25) is 14.2 Å². The molecule has 0 radical (unpaired) electrons. The Morgan fingerprint density at radius 1 is 1.00 bits per heavy atom. The van der Waals surface area contributed by atoms with Gasteiger partial charge in [-0.25, -0.2) is 9.36 Å². The third-order valence-electron chi connectivity index (χ3n) is 5.04. The fraction of sp³-hybridized carbons (Fsp3) is 0.0870. The zero-order valence-electron chi connectivity index (χ0n) is 16.6. The number of fused-ring (bicyclic) bond motifs is 3. The zero-order valence-corrected chi connectivity index (χ0v) is 17.3. The van der Waals surface area contributed by atoms with Crippen LogP contribution in [-0.4, -0.2) is 15.0 Å². The van der Waals surface area contributed by atoms with Crippen molar-refractivity contribution in [1.82, 2.24) is 9.13 Å². The molecule has 1 N–H and O–H groups in total. The fourth-order valence-corrected chi connectivity index (χ4v) is 3.84. The largest absolute Gasteiger partial charge is 0.467 e. The number of para-hydroxylation sites is 1. The minimum Gasteiger partial charge on any atom is -0.467 e. The van der Waals surface area contributed by atoms with E-state index in [1.54, 1.807) is 60.7 Å². The van der Waals surface area contributed by atoms with Crippen LogP contribution >= 0.6 is 11.6 Å². The molecule has 32 heavy (non-hydrogen) atoms. The molecule has 0 aliphatic heterocycles. The van der Waals surface area contributed by atoms with E-state index in [9.17, 15) is 14.4 Å². The second-order valence-corrected chi connectivity index (χ2v) is 7.61. The molecule has 5 rings (SSSR count). The molecular formula is C23H16ClN3O5. The predicted octanol–water partition coefficient (Wildman–Crippen LogP) is 3.84. The molecule has 2 aromatic carbocycles. The van der Waals surface area contributed by atoms with Crippen molar-refractivity contribution in [2.24, 2.45) is 0 Å². The van der Waals surface area contributed by atoms with Crippen LogP contribution in [-0.2, 0) is 17.9 Å². The van der Waals surface area contributed by atoms with E-state index >= 15 is 0 Å². The highest BCUT2D eigenvalue weighted by molar-refractivity contribution is 6.30. The highest BCUT2D eigenvalue weighted by atomic mass is 35.5. The molecule has 3 aromatic heterocycles. The predicted molar refractivity (Wildman–Crippen MR) is 120 cm³/mol. The van der Waals surface area contributed by atoms with Gasteiger partial charge in [-0.2, -0.15) is 0 Å². The number of halogens is 1. The number of aromatic nitrogens is 2. The van der Waals surface area contributed by atoms with E-state index in [0.717, 1.165) is 4.57 Å². The van der Waals surface area contributed by atoms with Crippen molar-refractivity contribution in [2.45, 2.75) is 13.1 Å². The Bertz CT molecular complexity index is 1580. The summed E-state index contributed by atoms with van der Waals surface area (Å²) in [5.74, 6) is -0.0289. The van der Waals surface area contributed by atoms with Crippen LogP contribution < -0.4 is 16.6 Å². The van der Waals surface area contributed by atoms with Gasteiger partial charge in [-0.15, -0.1) is 0 Å². The SMILES string of the molecule is O=C(Cn1c(=O)n(Cc2ccco2)c(=O)c2oc3ccccc3c21)Nc1cccc(Cl)c1. The van der Waals surface area contributed by atoms with Gasteiger partial charge in [-0.05, 0) is 42.5 Å². The molecular weight excluding hydrogens is 434 g/mol. The molecule has 0 aliphatic carbocycles. The van der Waals surface area contributed by atoms with Crippen molar-refractivity contribution in [3.8, 4) is 0 Å². The van der Waals surface area contributed by atoms with Gasteiger partial charge in [-0.1, -0.05) is 29.8 Å². The number of amides is 1. The smallest absolute Gasteiger partial charge is 0.332 e. The van der Waals surface area contributed by atoms with Crippen molar-refractivity contribution in [1.29, 1.82) is 0 Å². The molecule has 9 heteroatoms. The molecule has 0 unspecified atom stereocenters. The first kappa shape index (κ1) is 19.9. The maximum Gasteiger partial charge on any atom is 0.332 e. The summed E-state index contributed by atoms with van der Waals surface area (Å²) in [4.78, 5) is 39.3. The molecule has 3 heterocycles. The van der Waals surface area contributed by atoms with E-state index < -0.39 is 17.2 Å². The Labute approximate surface area is 185 Å². The van der Waals surface area contributed by atoms with E-state index in [-0.39, 0.29) is 24.2 Å². The molecule has 1 amide bonds. The second-order valence-electron chi connectivity index (χ2n) is 7.17. The van der Waals surface area contributed by atoms with Crippen molar-refractivity contribution < 1.29 is 13.6 Å². The van der Waals surface area contributed by atoms with Crippen molar-refractivity contribution >= 4 is 45.3 Å². The van der Waals surface area contributed by atoms with Gasteiger partial charge in [0.15, 0.2) is 0 Å². The van der Waals surface area contributed by atoms with Crippen molar-refractivity contribution in [3.05, 3.63) is 98.5 Å². The fourth-order valence-electron chi connectivity index (χ4n) is 3.65. The minimum atomic E-state index is -0.647. The van der Waals surface area contributed by atoms with E-state index in [0.29, 0.717) is 27.4 Å². The van der Waals surface area contributed by atoms with E-state index in [1.165, 1.54) is 10.8 Å². The van der Waals surface area contributed by atoms with Crippen LogP contribution in [0.25, 0.3) is 22.1 Å². The summed E-state index contributed by atoms with van der Waals surface area (Å²) in [5.41, 5.74) is -0.0391. The molecule has 160 valence electrons. The van der Waals surface area contributed by atoms with Crippen LogP contribution in [0, 0.1) is 0 Å². The van der Waals surface area contributed by atoms with Crippen LogP contribution in [0.3, 0.4) is 0 Å². The number of anilines is 1. The molecule has 5 aromatic rings. The van der Waals surface area contributed by atoms with E-state index in [2.05, 4.69) is 5.32 Å². The summed E-state index contributed by atoms with van der Waals surface area (Å²) in [6, 6.07) is 17.0. The summed E-state index contributed by atoms with van der Waals surface area (Å²) >= 11 is 5.98.